The second-order valence-electron chi connectivity index (χ2n) is 4.93. The van der Waals surface area contributed by atoms with Crippen LogP contribution in [0.5, 0.6) is 0 Å². The summed E-state index contributed by atoms with van der Waals surface area (Å²) < 4.78 is 5.84. The average molecular weight is 276 g/mol. The number of likely N-dealkylation sites (N-methyl/N-ethyl adjacent to an activating group) is 1. The summed E-state index contributed by atoms with van der Waals surface area (Å²) in [5, 5.41) is 3.02. The molecule has 1 heterocycles. The van der Waals surface area contributed by atoms with Crippen molar-refractivity contribution in [3.05, 3.63) is 35.9 Å². The van der Waals surface area contributed by atoms with Gasteiger partial charge in [0.2, 0.25) is 5.91 Å². The fourth-order valence-corrected chi connectivity index (χ4v) is 2.45. The van der Waals surface area contributed by atoms with Crippen molar-refractivity contribution in [1.29, 1.82) is 0 Å². The number of rotatable bonds is 4. The molecule has 2 rings (SSSR count). The van der Waals surface area contributed by atoms with Crippen molar-refractivity contribution in [3.63, 3.8) is 0 Å². The van der Waals surface area contributed by atoms with E-state index in [1.54, 1.807) is 11.9 Å². The zero-order valence-electron chi connectivity index (χ0n) is 11.8. The lowest BCUT2D eigenvalue weighted by Gasteiger charge is -2.26. The number of hydrogen-bond acceptors (Lipinski definition) is 4. The molecule has 1 amide bonds. The fourth-order valence-electron chi connectivity index (χ4n) is 2.45. The number of nitrogens with zero attached hydrogens (tertiary/aromatic N) is 1. The van der Waals surface area contributed by atoms with Crippen LogP contribution in [0.3, 0.4) is 0 Å². The number of benzene rings is 1. The maximum absolute atomic E-state index is 12.5. The van der Waals surface area contributed by atoms with E-state index in [1.807, 2.05) is 30.3 Å². The van der Waals surface area contributed by atoms with Gasteiger partial charge in [0, 0.05) is 6.54 Å². The van der Waals surface area contributed by atoms with Gasteiger partial charge in [0.15, 0.2) is 0 Å². The molecule has 2 unspecified atom stereocenters. The number of carbonyl (C=O) groups is 2. The van der Waals surface area contributed by atoms with E-state index in [4.69, 9.17) is 4.74 Å². The predicted molar refractivity (Wildman–Crippen MR) is 75.2 cm³/mol. The summed E-state index contributed by atoms with van der Waals surface area (Å²) in [7, 11) is 1.74. The molecule has 5 heteroatoms. The lowest BCUT2D eigenvalue weighted by molar-refractivity contribution is -0.136. The van der Waals surface area contributed by atoms with E-state index in [1.165, 1.54) is 6.92 Å². The van der Waals surface area contributed by atoms with Crippen molar-refractivity contribution in [2.24, 2.45) is 0 Å². The highest BCUT2D eigenvalue weighted by molar-refractivity contribution is 5.88. The van der Waals surface area contributed by atoms with Gasteiger partial charge in [0.25, 0.3) is 0 Å². The Hall–Kier alpha value is -1.72. The zero-order valence-corrected chi connectivity index (χ0v) is 11.8. The number of hydrogen-bond donors (Lipinski definition) is 1. The Balaban J connectivity index is 2.23. The number of ether oxygens (including phenoxy) is 1. The number of amides is 1. The largest absolute Gasteiger partial charge is 0.369 e. The van der Waals surface area contributed by atoms with E-state index < -0.39 is 6.04 Å². The van der Waals surface area contributed by atoms with Crippen molar-refractivity contribution in [3.8, 4) is 0 Å². The van der Waals surface area contributed by atoms with Crippen LogP contribution in [0.2, 0.25) is 0 Å². The maximum atomic E-state index is 12.5. The number of carbonyl (C=O) groups excluding carboxylic acids is 2. The molecule has 1 aliphatic rings. The molecule has 108 valence electrons. The summed E-state index contributed by atoms with van der Waals surface area (Å²) in [5.41, 5.74) is 0.963. The van der Waals surface area contributed by atoms with Gasteiger partial charge in [-0.25, -0.2) is 0 Å². The van der Waals surface area contributed by atoms with Crippen LogP contribution in [0.4, 0.5) is 0 Å². The highest BCUT2D eigenvalue weighted by atomic mass is 16.5. The molecule has 0 radical (unpaired) electrons. The first-order valence-electron chi connectivity index (χ1n) is 6.75. The predicted octanol–water partition coefficient (Wildman–Crippen LogP) is 0.764. The number of Topliss-reactive ketones (excluding diaryl/α,β-unsaturated/α-hetero) is 1. The molecule has 1 aromatic carbocycles. The first kappa shape index (κ1) is 14.7. The Kier molecular flexibility index (Phi) is 4.87. The van der Waals surface area contributed by atoms with Gasteiger partial charge in [-0.3, -0.25) is 9.59 Å². The number of ketones is 1. The van der Waals surface area contributed by atoms with Crippen molar-refractivity contribution in [1.82, 2.24) is 10.2 Å². The van der Waals surface area contributed by atoms with Gasteiger partial charge in [-0.15, -0.1) is 0 Å². The van der Waals surface area contributed by atoms with Gasteiger partial charge < -0.3 is 15.0 Å². The van der Waals surface area contributed by atoms with Crippen LogP contribution in [0.1, 0.15) is 18.6 Å². The minimum absolute atomic E-state index is 0.0219. The van der Waals surface area contributed by atoms with Gasteiger partial charge in [-0.1, -0.05) is 30.3 Å². The van der Waals surface area contributed by atoms with Gasteiger partial charge >= 0.3 is 0 Å². The van der Waals surface area contributed by atoms with E-state index in [9.17, 15) is 9.59 Å². The summed E-state index contributed by atoms with van der Waals surface area (Å²) in [6.45, 7) is 2.50. The molecule has 0 bridgehead atoms. The topological polar surface area (TPSA) is 58.6 Å². The van der Waals surface area contributed by atoms with Crippen molar-refractivity contribution >= 4 is 11.7 Å². The summed E-state index contributed by atoms with van der Waals surface area (Å²) in [6.07, 6.45) is -0.328. The van der Waals surface area contributed by atoms with Crippen molar-refractivity contribution in [2.75, 3.05) is 26.7 Å². The smallest absolute Gasteiger partial charge is 0.243 e. The Bertz CT molecular complexity index is 475. The SMILES string of the molecule is CNC1C(=O)N(CC(C)=O)CCOC1c1ccccc1. The molecule has 1 N–H and O–H groups in total. The monoisotopic (exact) mass is 276 g/mol. The fraction of sp³-hybridized carbons (Fsp3) is 0.467. The van der Waals surface area contributed by atoms with Crippen LogP contribution in [0.15, 0.2) is 30.3 Å². The van der Waals surface area contributed by atoms with Crippen molar-refractivity contribution < 1.29 is 14.3 Å². The lowest BCUT2D eigenvalue weighted by atomic mass is 10.0. The third-order valence-corrected chi connectivity index (χ3v) is 3.39. The van der Waals surface area contributed by atoms with Crippen LogP contribution in [0.25, 0.3) is 0 Å². The summed E-state index contributed by atoms with van der Waals surface area (Å²) in [5.74, 6) is -0.111. The highest BCUT2D eigenvalue weighted by Gasteiger charge is 2.35. The molecule has 1 aromatic rings. The molecular formula is C15H20N2O3. The van der Waals surface area contributed by atoms with E-state index in [2.05, 4.69) is 5.32 Å². The van der Waals surface area contributed by atoms with E-state index in [-0.39, 0.29) is 24.3 Å². The Labute approximate surface area is 118 Å². The second-order valence-corrected chi connectivity index (χ2v) is 4.93. The third-order valence-electron chi connectivity index (χ3n) is 3.39. The minimum atomic E-state index is -0.473. The standard InChI is InChI=1S/C15H20N2O3/c1-11(18)10-17-8-9-20-14(13(16-2)15(17)19)12-6-4-3-5-7-12/h3-7,13-14,16H,8-10H2,1-2H3. The summed E-state index contributed by atoms with van der Waals surface area (Å²) in [4.78, 5) is 25.4. The first-order chi connectivity index (χ1) is 9.63. The van der Waals surface area contributed by atoms with Crippen molar-refractivity contribution in [2.45, 2.75) is 19.1 Å². The van der Waals surface area contributed by atoms with Gasteiger partial charge in [0.05, 0.1) is 13.2 Å². The van der Waals surface area contributed by atoms with Crippen LogP contribution in [-0.4, -0.2) is 49.4 Å². The van der Waals surface area contributed by atoms with E-state index in [0.29, 0.717) is 13.2 Å². The normalized spacial score (nSPS) is 23.5. The molecule has 0 aromatic heterocycles. The van der Waals surface area contributed by atoms with Gasteiger partial charge in [0.1, 0.15) is 17.9 Å². The Morgan fingerprint density at radius 2 is 2.10 bits per heavy atom. The lowest BCUT2D eigenvalue weighted by Crippen LogP contribution is -2.48. The molecule has 1 aliphatic heterocycles. The first-order valence-corrected chi connectivity index (χ1v) is 6.75. The number of nitrogens with one attached hydrogen (secondary N) is 1. The molecule has 5 nitrogen and oxygen atoms in total. The summed E-state index contributed by atoms with van der Waals surface area (Å²) in [6, 6.07) is 9.20. The second kappa shape index (κ2) is 6.63. The molecular weight excluding hydrogens is 256 g/mol. The molecule has 1 saturated heterocycles. The van der Waals surface area contributed by atoms with Gasteiger partial charge in [-0.2, -0.15) is 0 Å². The third kappa shape index (κ3) is 3.23. The average Bonchev–Trinajstić information content (AvgIpc) is 2.59. The molecule has 2 atom stereocenters. The van der Waals surface area contributed by atoms with Crippen LogP contribution >= 0.6 is 0 Å². The van der Waals surface area contributed by atoms with E-state index in [0.717, 1.165) is 5.56 Å². The molecule has 1 fully saturated rings. The maximum Gasteiger partial charge on any atom is 0.243 e. The van der Waals surface area contributed by atoms with Crippen LogP contribution in [-0.2, 0) is 14.3 Å². The molecule has 0 spiro atoms. The van der Waals surface area contributed by atoms with Crippen LogP contribution in [0, 0.1) is 0 Å². The molecule has 20 heavy (non-hydrogen) atoms. The Morgan fingerprint density at radius 3 is 2.70 bits per heavy atom. The molecule has 0 aliphatic carbocycles. The Morgan fingerprint density at radius 1 is 1.40 bits per heavy atom. The van der Waals surface area contributed by atoms with Gasteiger partial charge in [-0.05, 0) is 19.5 Å². The zero-order chi connectivity index (χ0) is 14.5. The van der Waals surface area contributed by atoms with E-state index >= 15 is 0 Å². The highest BCUT2D eigenvalue weighted by Crippen LogP contribution is 2.24. The quantitative estimate of drug-likeness (QED) is 0.882. The minimum Gasteiger partial charge on any atom is -0.369 e. The van der Waals surface area contributed by atoms with Crippen LogP contribution < -0.4 is 5.32 Å². The summed E-state index contributed by atoms with van der Waals surface area (Å²) >= 11 is 0. The molecule has 0 saturated carbocycles.